The largest absolute Gasteiger partial charge is 0.480 e. The Labute approximate surface area is 213 Å². The summed E-state index contributed by atoms with van der Waals surface area (Å²) < 4.78 is 0. The van der Waals surface area contributed by atoms with Crippen molar-refractivity contribution in [2.45, 2.75) is 83.0 Å². The molecule has 1 aliphatic heterocycles. The van der Waals surface area contributed by atoms with Crippen LogP contribution in [0.5, 0.6) is 0 Å². The molecule has 2 rings (SSSR count). The zero-order valence-electron chi connectivity index (χ0n) is 21.3. The number of carbonyl (C=O) groups excluding carboxylic acids is 3. The lowest BCUT2D eigenvalue weighted by molar-refractivity contribution is -0.143. The number of nitrogens with zero attached hydrogens (tertiary/aromatic N) is 1. The van der Waals surface area contributed by atoms with Crippen LogP contribution in [0, 0.1) is 5.92 Å². The number of rotatable bonds is 14. The van der Waals surface area contributed by atoms with Crippen molar-refractivity contribution in [3.05, 3.63) is 35.9 Å². The lowest BCUT2D eigenvalue weighted by Crippen LogP contribution is -2.57. The van der Waals surface area contributed by atoms with Gasteiger partial charge in [-0.05, 0) is 50.1 Å². The lowest BCUT2D eigenvalue weighted by Gasteiger charge is -2.29. The van der Waals surface area contributed by atoms with Gasteiger partial charge in [-0.15, -0.1) is 0 Å². The van der Waals surface area contributed by atoms with Crippen LogP contribution in [-0.2, 0) is 25.6 Å². The van der Waals surface area contributed by atoms with Crippen LogP contribution in [0.25, 0.3) is 0 Å². The molecule has 0 aliphatic carbocycles. The Morgan fingerprint density at radius 3 is 2.39 bits per heavy atom. The summed E-state index contributed by atoms with van der Waals surface area (Å²) in [6.45, 7) is 4.70. The molecule has 1 aromatic rings. The maximum Gasteiger partial charge on any atom is 0.326 e. The molecule has 1 fully saturated rings. The van der Waals surface area contributed by atoms with Gasteiger partial charge in [0.05, 0.1) is 6.04 Å². The smallest absolute Gasteiger partial charge is 0.326 e. The van der Waals surface area contributed by atoms with E-state index in [4.69, 9.17) is 11.5 Å². The number of hydrogen-bond donors (Lipinski definition) is 5. The summed E-state index contributed by atoms with van der Waals surface area (Å²) in [5, 5.41) is 14.9. The van der Waals surface area contributed by atoms with Crippen LogP contribution in [0.2, 0.25) is 0 Å². The first-order valence-electron chi connectivity index (χ1n) is 12.8. The maximum atomic E-state index is 13.3. The van der Waals surface area contributed by atoms with E-state index in [1.165, 1.54) is 4.90 Å². The topological polar surface area (TPSA) is 168 Å². The number of unbranched alkanes of at least 4 members (excludes halogenated alkanes) is 1. The van der Waals surface area contributed by atoms with Crippen LogP contribution >= 0.6 is 0 Å². The van der Waals surface area contributed by atoms with E-state index in [9.17, 15) is 24.3 Å². The van der Waals surface area contributed by atoms with Crippen molar-refractivity contribution in [3.8, 4) is 0 Å². The summed E-state index contributed by atoms with van der Waals surface area (Å²) in [6.07, 6.45) is 3.57. The molecule has 0 radical (unpaired) electrons. The zero-order chi connectivity index (χ0) is 26.7. The molecule has 3 amide bonds. The molecule has 1 aliphatic rings. The summed E-state index contributed by atoms with van der Waals surface area (Å²) >= 11 is 0. The van der Waals surface area contributed by atoms with E-state index in [-0.39, 0.29) is 24.7 Å². The van der Waals surface area contributed by atoms with Crippen LogP contribution in [0.15, 0.2) is 30.3 Å². The van der Waals surface area contributed by atoms with Crippen LogP contribution in [0.1, 0.15) is 57.9 Å². The van der Waals surface area contributed by atoms with Crippen LogP contribution in [0.4, 0.5) is 0 Å². The molecule has 1 aromatic carbocycles. The summed E-state index contributed by atoms with van der Waals surface area (Å²) in [6, 6.07) is 5.67. The highest BCUT2D eigenvalue weighted by atomic mass is 16.4. The van der Waals surface area contributed by atoms with E-state index in [1.807, 2.05) is 44.2 Å². The number of amides is 3. The van der Waals surface area contributed by atoms with E-state index in [2.05, 4.69) is 10.6 Å². The van der Waals surface area contributed by atoms with Crippen molar-refractivity contribution in [2.24, 2.45) is 17.4 Å². The predicted molar refractivity (Wildman–Crippen MR) is 137 cm³/mol. The molecular formula is C26H41N5O5. The molecule has 36 heavy (non-hydrogen) atoms. The molecule has 0 saturated carbocycles. The molecule has 7 N–H and O–H groups in total. The van der Waals surface area contributed by atoms with E-state index >= 15 is 0 Å². The highest BCUT2D eigenvalue weighted by Crippen LogP contribution is 2.20. The van der Waals surface area contributed by atoms with E-state index in [0.29, 0.717) is 32.4 Å². The second kappa shape index (κ2) is 14.5. The number of hydrogen-bond acceptors (Lipinski definition) is 6. The van der Waals surface area contributed by atoms with Gasteiger partial charge in [0, 0.05) is 13.0 Å². The van der Waals surface area contributed by atoms with Crippen LogP contribution < -0.4 is 22.1 Å². The summed E-state index contributed by atoms with van der Waals surface area (Å²) in [5.41, 5.74) is 12.4. The first-order chi connectivity index (χ1) is 17.1. The maximum absolute atomic E-state index is 13.3. The first-order valence-corrected chi connectivity index (χ1v) is 12.8. The average molecular weight is 504 g/mol. The Hall–Kier alpha value is -2.98. The monoisotopic (exact) mass is 503 g/mol. The Morgan fingerprint density at radius 1 is 1.08 bits per heavy atom. The Balaban J connectivity index is 2.15. The summed E-state index contributed by atoms with van der Waals surface area (Å²) in [5.74, 6) is -2.37. The van der Waals surface area contributed by atoms with Gasteiger partial charge in [0.15, 0.2) is 0 Å². The van der Waals surface area contributed by atoms with Crippen molar-refractivity contribution < 1.29 is 24.3 Å². The highest BCUT2D eigenvalue weighted by Gasteiger charge is 2.38. The second-order valence-electron chi connectivity index (χ2n) is 9.86. The number of likely N-dealkylation sites (tertiary alicyclic amines) is 1. The van der Waals surface area contributed by atoms with Crippen molar-refractivity contribution >= 4 is 23.7 Å². The Morgan fingerprint density at radius 2 is 1.78 bits per heavy atom. The molecule has 0 bridgehead atoms. The number of aliphatic carboxylic acids is 1. The lowest BCUT2D eigenvalue weighted by atomic mass is 10.0. The fraction of sp³-hybridized carbons (Fsp3) is 0.615. The first kappa shape index (κ1) is 29.3. The molecule has 0 spiro atoms. The summed E-state index contributed by atoms with van der Waals surface area (Å²) in [4.78, 5) is 52.6. The van der Waals surface area contributed by atoms with Gasteiger partial charge in [-0.3, -0.25) is 14.4 Å². The highest BCUT2D eigenvalue weighted by molar-refractivity contribution is 5.94. The Bertz CT molecular complexity index is 879. The molecular weight excluding hydrogens is 462 g/mol. The molecule has 10 heteroatoms. The number of carboxylic acid groups (broad SMARTS) is 1. The predicted octanol–water partition coefficient (Wildman–Crippen LogP) is 0.777. The third-order valence-corrected chi connectivity index (χ3v) is 6.36. The van der Waals surface area contributed by atoms with E-state index < -0.39 is 42.0 Å². The van der Waals surface area contributed by atoms with E-state index in [0.717, 1.165) is 18.4 Å². The number of benzene rings is 1. The van der Waals surface area contributed by atoms with Crippen LogP contribution in [-0.4, -0.2) is 71.0 Å². The van der Waals surface area contributed by atoms with Gasteiger partial charge >= 0.3 is 5.97 Å². The standard InChI is InChI=1S/C26H41N5O5/c1-17(2)15-21(26(35)36)30-23(32)20(16-18-9-4-3-5-10-18)29-24(33)22-12-8-14-31(22)25(34)19(28)11-6-7-13-27/h3-5,9-10,17,19-22H,6-8,11-16,27-28H2,1-2H3,(H,29,33)(H,30,32)(H,35,36). The second-order valence-corrected chi connectivity index (χ2v) is 9.86. The van der Waals surface area contributed by atoms with Crippen molar-refractivity contribution in [2.75, 3.05) is 13.1 Å². The van der Waals surface area contributed by atoms with Crippen LogP contribution in [0.3, 0.4) is 0 Å². The minimum absolute atomic E-state index is 0.0562. The fourth-order valence-corrected chi connectivity index (χ4v) is 4.44. The molecule has 10 nitrogen and oxygen atoms in total. The number of nitrogens with one attached hydrogen (secondary N) is 2. The minimum atomic E-state index is -1.13. The van der Waals surface area contributed by atoms with Gasteiger partial charge < -0.3 is 32.1 Å². The van der Waals surface area contributed by atoms with Gasteiger partial charge in [0.1, 0.15) is 18.1 Å². The van der Waals surface area contributed by atoms with Crippen molar-refractivity contribution in [3.63, 3.8) is 0 Å². The zero-order valence-corrected chi connectivity index (χ0v) is 21.3. The number of carbonyl (C=O) groups is 4. The molecule has 4 atom stereocenters. The fourth-order valence-electron chi connectivity index (χ4n) is 4.44. The van der Waals surface area contributed by atoms with Gasteiger partial charge in [0.2, 0.25) is 17.7 Å². The van der Waals surface area contributed by atoms with Crippen molar-refractivity contribution in [1.29, 1.82) is 0 Å². The molecule has 1 heterocycles. The van der Waals surface area contributed by atoms with Gasteiger partial charge in [-0.2, -0.15) is 0 Å². The third kappa shape index (κ3) is 8.91. The van der Waals surface area contributed by atoms with E-state index in [1.54, 1.807) is 0 Å². The van der Waals surface area contributed by atoms with Crippen molar-refractivity contribution in [1.82, 2.24) is 15.5 Å². The molecule has 0 aromatic heterocycles. The average Bonchev–Trinajstić information content (AvgIpc) is 3.33. The SMILES string of the molecule is CC(C)CC(NC(=O)C(Cc1ccccc1)NC(=O)C1CCCN1C(=O)C(N)CCCCN)C(=O)O. The molecule has 1 saturated heterocycles. The molecule has 4 unspecified atom stereocenters. The summed E-state index contributed by atoms with van der Waals surface area (Å²) in [7, 11) is 0. The van der Waals surface area contributed by atoms with Gasteiger partial charge in [-0.1, -0.05) is 50.6 Å². The minimum Gasteiger partial charge on any atom is -0.480 e. The quantitative estimate of drug-likeness (QED) is 0.234. The Kier molecular flexibility index (Phi) is 11.8. The molecule has 200 valence electrons. The third-order valence-electron chi connectivity index (χ3n) is 6.36. The normalized spacial score (nSPS) is 17.9. The van der Waals surface area contributed by atoms with Gasteiger partial charge in [0.25, 0.3) is 0 Å². The van der Waals surface area contributed by atoms with Gasteiger partial charge in [-0.25, -0.2) is 4.79 Å². The number of carboxylic acids is 1. The number of nitrogens with two attached hydrogens (primary N) is 2.